The van der Waals surface area contributed by atoms with Crippen LogP contribution in [-0.2, 0) is 11.3 Å². The highest BCUT2D eigenvalue weighted by molar-refractivity contribution is 6.00. The molecule has 0 radical (unpaired) electrons. The molecule has 186 valence electrons. The Balaban J connectivity index is 1.38. The predicted octanol–water partition coefficient (Wildman–Crippen LogP) is 3.16. The van der Waals surface area contributed by atoms with Gasteiger partial charge in [0.2, 0.25) is 0 Å². The first-order chi connectivity index (χ1) is 17.1. The summed E-state index contributed by atoms with van der Waals surface area (Å²) >= 11 is 0. The topological polar surface area (TPSA) is 115 Å². The molecule has 3 aromatic heterocycles. The second-order valence-electron chi connectivity index (χ2n) is 9.55. The number of hydrogen-bond acceptors (Lipinski definition) is 7. The Labute approximate surface area is 204 Å². The SMILES string of the molecule is CNc1cc(Nc2cccn(CC3CCC(OC)CC3)c2=O)nc2c(C(=O)NC3CCC3)cnn12. The number of nitrogens with one attached hydrogen (secondary N) is 3. The Bertz CT molecular complexity index is 1260. The monoisotopic (exact) mass is 479 g/mol. The van der Waals surface area contributed by atoms with E-state index in [1.807, 2.05) is 12.3 Å². The van der Waals surface area contributed by atoms with E-state index in [1.54, 1.807) is 35.4 Å². The number of aromatic nitrogens is 4. The van der Waals surface area contributed by atoms with Gasteiger partial charge in [-0.2, -0.15) is 9.61 Å². The summed E-state index contributed by atoms with van der Waals surface area (Å²) in [6, 6.07) is 5.62. The summed E-state index contributed by atoms with van der Waals surface area (Å²) in [6.45, 7) is 0.688. The molecule has 2 saturated carbocycles. The van der Waals surface area contributed by atoms with Gasteiger partial charge in [0, 0.05) is 39.0 Å². The fraction of sp³-hybridized carbons (Fsp3) is 0.520. The van der Waals surface area contributed by atoms with Crippen molar-refractivity contribution in [2.24, 2.45) is 5.92 Å². The number of amides is 1. The van der Waals surface area contributed by atoms with Crippen LogP contribution in [0.4, 0.5) is 17.3 Å². The number of anilines is 3. The van der Waals surface area contributed by atoms with Gasteiger partial charge in [-0.3, -0.25) is 9.59 Å². The molecule has 35 heavy (non-hydrogen) atoms. The van der Waals surface area contributed by atoms with E-state index in [0.717, 1.165) is 44.9 Å². The van der Waals surface area contributed by atoms with E-state index < -0.39 is 0 Å². The summed E-state index contributed by atoms with van der Waals surface area (Å²) in [7, 11) is 3.55. The number of pyridine rings is 1. The normalized spacial score (nSPS) is 20.4. The molecule has 0 aromatic carbocycles. The molecule has 0 aliphatic heterocycles. The van der Waals surface area contributed by atoms with Crippen molar-refractivity contribution in [3.8, 4) is 0 Å². The van der Waals surface area contributed by atoms with E-state index in [2.05, 4.69) is 26.0 Å². The third-order valence-electron chi connectivity index (χ3n) is 7.28. The van der Waals surface area contributed by atoms with Gasteiger partial charge in [-0.05, 0) is 63.0 Å². The van der Waals surface area contributed by atoms with E-state index in [0.29, 0.717) is 47.1 Å². The summed E-state index contributed by atoms with van der Waals surface area (Å²) in [6.07, 6.45) is 11.0. The van der Waals surface area contributed by atoms with E-state index in [4.69, 9.17) is 4.74 Å². The zero-order valence-corrected chi connectivity index (χ0v) is 20.3. The lowest BCUT2D eigenvalue weighted by molar-refractivity contribution is 0.0541. The Morgan fingerprint density at radius 2 is 2.00 bits per heavy atom. The van der Waals surface area contributed by atoms with E-state index in [1.165, 1.54) is 6.20 Å². The van der Waals surface area contributed by atoms with Crippen molar-refractivity contribution in [1.82, 2.24) is 24.5 Å². The summed E-state index contributed by atoms with van der Waals surface area (Å²) in [5.41, 5.74) is 1.19. The average Bonchev–Trinajstić information content (AvgIpc) is 3.28. The van der Waals surface area contributed by atoms with E-state index >= 15 is 0 Å². The highest BCUT2D eigenvalue weighted by Crippen LogP contribution is 2.27. The van der Waals surface area contributed by atoms with Gasteiger partial charge in [-0.25, -0.2) is 4.98 Å². The Kier molecular flexibility index (Phi) is 6.72. The van der Waals surface area contributed by atoms with Gasteiger partial charge in [0.05, 0.1) is 12.3 Å². The second kappa shape index (κ2) is 10.1. The first kappa shape index (κ1) is 23.3. The Hall–Kier alpha value is -3.40. The van der Waals surface area contributed by atoms with Gasteiger partial charge < -0.3 is 25.3 Å². The van der Waals surface area contributed by atoms with Crippen molar-refractivity contribution < 1.29 is 9.53 Å². The van der Waals surface area contributed by atoms with Crippen LogP contribution in [0.2, 0.25) is 0 Å². The molecule has 10 heteroatoms. The maximum atomic E-state index is 13.2. The largest absolute Gasteiger partial charge is 0.381 e. The number of methoxy groups -OCH3 is 1. The number of hydrogen-bond donors (Lipinski definition) is 3. The molecular formula is C25H33N7O3. The predicted molar refractivity (Wildman–Crippen MR) is 134 cm³/mol. The molecule has 0 bridgehead atoms. The fourth-order valence-electron chi connectivity index (χ4n) is 4.92. The van der Waals surface area contributed by atoms with Gasteiger partial charge >= 0.3 is 0 Å². The zero-order valence-electron chi connectivity index (χ0n) is 20.3. The standard InChI is InChI=1S/C25H33N7O3/c1-26-22-13-21(30-23-19(14-27-32(22)23)24(33)28-17-5-3-6-17)29-20-7-4-12-31(25(20)34)15-16-8-10-18(35-2)11-9-16/h4,7,12-14,16-18,26H,3,5-6,8-11,15H2,1-2H3,(H,28,33)(H,29,30). The van der Waals surface area contributed by atoms with Gasteiger partial charge in [0.1, 0.15) is 22.9 Å². The van der Waals surface area contributed by atoms with Crippen LogP contribution in [0.1, 0.15) is 55.3 Å². The molecule has 3 heterocycles. The summed E-state index contributed by atoms with van der Waals surface area (Å²) in [5, 5.41) is 13.7. The van der Waals surface area contributed by atoms with Crippen LogP contribution >= 0.6 is 0 Å². The van der Waals surface area contributed by atoms with Gasteiger partial charge in [0.25, 0.3) is 11.5 Å². The lowest BCUT2D eigenvalue weighted by Crippen LogP contribution is -2.39. The van der Waals surface area contributed by atoms with Crippen LogP contribution in [0.15, 0.2) is 35.4 Å². The smallest absolute Gasteiger partial charge is 0.274 e. The van der Waals surface area contributed by atoms with Crippen LogP contribution in [0.5, 0.6) is 0 Å². The molecule has 0 saturated heterocycles. The van der Waals surface area contributed by atoms with Crippen molar-refractivity contribution >= 4 is 28.9 Å². The van der Waals surface area contributed by atoms with Crippen molar-refractivity contribution in [2.75, 3.05) is 24.8 Å². The zero-order chi connectivity index (χ0) is 24.4. The minimum Gasteiger partial charge on any atom is -0.381 e. The molecule has 1 amide bonds. The molecule has 3 N–H and O–H groups in total. The van der Waals surface area contributed by atoms with Gasteiger partial charge in [-0.1, -0.05) is 0 Å². The Morgan fingerprint density at radius 3 is 2.69 bits per heavy atom. The summed E-state index contributed by atoms with van der Waals surface area (Å²) in [5.74, 6) is 1.41. The van der Waals surface area contributed by atoms with E-state index in [9.17, 15) is 9.59 Å². The van der Waals surface area contributed by atoms with E-state index in [-0.39, 0.29) is 17.5 Å². The molecule has 0 atom stereocenters. The first-order valence-corrected chi connectivity index (χ1v) is 12.4. The molecular weight excluding hydrogens is 446 g/mol. The Morgan fingerprint density at radius 1 is 1.20 bits per heavy atom. The number of ether oxygens (including phenoxy) is 1. The minimum absolute atomic E-state index is 0.0921. The van der Waals surface area contributed by atoms with Gasteiger partial charge in [0.15, 0.2) is 5.65 Å². The highest BCUT2D eigenvalue weighted by atomic mass is 16.5. The molecule has 0 unspecified atom stereocenters. The number of rotatable bonds is 8. The number of carbonyl (C=O) groups excluding carboxylic acids is 1. The van der Waals surface area contributed by atoms with Crippen molar-refractivity contribution in [3.05, 3.63) is 46.5 Å². The first-order valence-electron chi connectivity index (χ1n) is 12.4. The number of nitrogens with zero attached hydrogens (tertiary/aromatic N) is 4. The van der Waals surface area contributed by atoms with Crippen molar-refractivity contribution in [2.45, 2.75) is 63.6 Å². The summed E-state index contributed by atoms with van der Waals surface area (Å²) in [4.78, 5) is 30.7. The van der Waals surface area contributed by atoms with Crippen LogP contribution in [0.3, 0.4) is 0 Å². The minimum atomic E-state index is -0.179. The third kappa shape index (κ3) is 4.88. The van der Waals surface area contributed by atoms with Gasteiger partial charge in [-0.15, -0.1) is 0 Å². The third-order valence-corrected chi connectivity index (χ3v) is 7.28. The van der Waals surface area contributed by atoms with Crippen LogP contribution in [0, 0.1) is 5.92 Å². The average molecular weight is 480 g/mol. The number of carbonyl (C=O) groups is 1. The lowest BCUT2D eigenvalue weighted by atomic mass is 9.87. The summed E-state index contributed by atoms with van der Waals surface area (Å²) < 4.78 is 8.84. The van der Waals surface area contributed by atoms with Crippen molar-refractivity contribution in [1.29, 1.82) is 0 Å². The molecule has 3 aromatic rings. The van der Waals surface area contributed by atoms with Crippen LogP contribution < -0.4 is 21.5 Å². The molecule has 10 nitrogen and oxygen atoms in total. The van der Waals surface area contributed by atoms with Crippen molar-refractivity contribution in [3.63, 3.8) is 0 Å². The maximum Gasteiger partial charge on any atom is 0.274 e. The second-order valence-corrected chi connectivity index (χ2v) is 9.55. The molecule has 0 spiro atoms. The maximum absolute atomic E-state index is 13.2. The molecule has 5 rings (SSSR count). The number of fused-ring (bicyclic) bond motifs is 1. The van der Waals surface area contributed by atoms with Crippen LogP contribution in [0.25, 0.3) is 5.65 Å². The quantitative estimate of drug-likeness (QED) is 0.455. The molecule has 2 aliphatic carbocycles. The highest BCUT2D eigenvalue weighted by Gasteiger charge is 2.24. The lowest BCUT2D eigenvalue weighted by Gasteiger charge is -2.28. The van der Waals surface area contributed by atoms with Crippen LogP contribution in [-0.4, -0.2) is 51.4 Å². The molecule has 2 aliphatic rings. The fourth-order valence-corrected chi connectivity index (χ4v) is 4.92. The molecule has 2 fully saturated rings.